The predicted octanol–water partition coefficient (Wildman–Crippen LogP) is 3.68. The number of halogens is 1. The quantitative estimate of drug-likeness (QED) is 0.276. The van der Waals surface area contributed by atoms with Crippen molar-refractivity contribution >= 4 is 17.6 Å². The molecule has 0 aliphatic carbocycles. The van der Waals surface area contributed by atoms with Crippen molar-refractivity contribution in [2.75, 3.05) is 5.88 Å². The van der Waals surface area contributed by atoms with Gasteiger partial charge >= 0.3 is 5.97 Å². The molecule has 88 valence electrons. The second kappa shape index (κ2) is 10.0. The molecule has 0 N–H and O–H groups in total. The van der Waals surface area contributed by atoms with Gasteiger partial charge in [-0.1, -0.05) is 25.5 Å². The molecule has 0 heterocycles. The average molecular weight is 233 g/mol. The van der Waals surface area contributed by atoms with Crippen LogP contribution in [0.15, 0.2) is 12.2 Å². The van der Waals surface area contributed by atoms with E-state index in [-0.39, 0.29) is 18.0 Å². The molecule has 0 aromatic heterocycles. The molecule has 0 radical (unpaired) electrons. The highest BCUT2D eigenvalue weighted by molar-refractivity contribution is 6.26. The summed E-state index contributed by atoms with van der Waals surface area (Å²) in [5.41, 5.74) is 0. The molecule has 0 aliphatic heterocycles. The maximum absolute atomic E-state index is 11.0. The van der Waals surface area contributed by atoms with Crippen molar-refractivity contribution in [3.05, 3.63) is 12.2 Å². The summed E-state index contributed by atoms with van der Waals surface area (Å²) in [4.78, 5) is 11.0. The number of allylic oxidation sites excluding steroid dienone is 2. The van der Waals surface area contributed by atoms with Gasteiger partial charge in [0.05, 0.1) is 0 Å². The minimum Gasteiger partial charge on any atom is -0.461 e. The van der Waals surface area contributed by atoms with Gasteiger partial charge in [0.15, 0.2) is 0 Å². The fourth-order valence-electron chi connectivity index (χ4n) is 1.43. The molecule has 0 aromatic rings. The predicted molar refractivity (Wildman–Crippen MR) is 64.2 cm³/mol. The van der Waals surface area contributed by atoms with Gasteiger partial charge in [0, 0.05) is 0 Å². The minimum absolute atomic E-state index is 0.0466. The summed E-state index contributed by atoms with van der Waals surface area (Å²) in [6.45, 7) is 4.10. The molecular weight excluding hydrogens is 212 g/mol. The summed E-state index contributed by atoms with van der Waals surface area (Å²) in [5, 5.41) is 0. The molecule has 15 heavy (non-hydrogen) atoms. The van der Waals surface area contributed by atoms with Gasteiger partial charge in [0.25, 0.3) is 0 Å². The van der Waals surface area contributed by atoms with Crippen LogP contribution in [-0.4, -0.2) is 18.0 Å². The Labute approximate surface area is 97.6 Å². The van der Waals surface area contributed by atoms with Crippen molar-refractivity contribution < 1.29 is 9.53 Å². The van der Waals surface area contributed by atoms with E-state index in [9.17, 15) is 4.79 Å². The second-order valence-electron chi connectivity index (χ2n) is 3.53. The van der Waals surface area contributed by atoms with Crippen LogP contribution >= 0.6 is 11.6 Å². The summed E-state index contributed by atoms with van der Waals surface area (Å²) >= 11 is 5.39. The van der Waals surface area contributed by atoms with Gasteiger partial charge in [-0.15, -0.1) is 11.6 Å². The third-order valence-electron chi connectivity index (χ3n) is 2.15. The number of rotatable bonds is 8. The first-order chi connectivity index (χ1) is 7.24. The Bertz CT molecular complexity index is 190. The molecule has 0 rings (SSSR count). The van der Waals surface area contributed by atoms with Crippen LogP contribution in [0.25, 0.3) is 0 Å². The fourth-order valence-corrected chi connectivity index (χ4v) is 1.49. The Morgan fingerprint density at radius 3 is 2.73 bits per heavy atom. The Hall–Kier alpha value is -0.500. The van der Waals surface area contributed by atoms with Crippen molar-refractivity contribution in [2.24, 2.45) is 0 Å². The van der Waals surface area contributed by atoms with Crippen molar-refractivity contribution in [1.82, 2.24) is 0 Å². The molecule has 1 atom stereocenters. The zero-order valence-electron chi connectivity index (χ0n) is 9.67. The Kier molecular flexibility index (Phi) is 9.70. The smallest absolute Gasteiger partial charge is 0.321 e. The van der Waals surface area contributed by atoms with E-state index in [2.05, 4.69) is 13.0 Å². The average Bonchev–Trinajstić information content (AvgIpc) is 2.24. The standard InChI is InChI=1S/C12H21ClO2/c1-3-5-6-7-9-11(8-4-2)15-12(14)10-13/h3,5,11H,4,6-10H2,1-2H3/b5-3+. The lowest BCUT2D eigenvalue weighted by Gasteiger charge is -2.16. The van der Waals surface area contributed by atoms with E-state index in [4.69, 9.17) is 16.3 Å². The monoisotopic (exact) mass is 232 g/mol. The molecule has 0 aromatic carbocycles. The van der Waals surface area contributed by atoms with E-state index in [1.165, 1.54) is 0 Å². The minimum atomic E-state index is -0.304. The number of esters is 1. The van der Waals surface area contributed by atoms with Gasteiger partial charge in [0.2, 0.25) is 0 Å². The third kappa shape index (κ3) is 8.49. The first-order valence-electron chi connectivity index (χ1n) is 5.61. The van der Waals surface area contributed by atoms with Crippen LogP contribution in [0.5, 0.6) is 0 Å². The van der Waals surface area contributed by atoms with Crippen LogP contribution in [0.3, 0.4) is 0 Å². The van der Waals surface area contributed by atoms with Crippen LogP contribution in [0.1, 0.15) is 46.0 Å². The molecule has 0 aliphatic rings. The van der Waals surface area contributed by atoms with E-state index in [1.54, 1.807) is 0 Å². The maximum Gasteiger partial charge on any atom is 0.321 e. The Morgan fingerprint density at radius 1 is 1.47 bits per heavy atom. The topological polar surface area (TPSA) is 26.3 Å². The second-order valence-corrected chi connectivity index (χ2v) is 3.80. The normalized spacial score (nSPS) is 13.0. The van der Waals surface area contributed by atoms with E-state index < -0.39 is 0 Å². The van der Waals surface area contributed by atoms with Crippen molar-refractivity contribution in [1.29, 1.82) is 0 Å². The SMILES string of the molecule is C/C=C/CCCC(CCC)OC(=O)CCl. The first kappa shape index (κ1) is 14.5. The molecule has 0 fully saturated rings. The molecule has 3 heteroatoms. The fraction of sp³-hybridized carbons (Fsp3) is 0.750. The van der Waals surface area contributed by atoms with Crippen LogP contribution < -0.4 is 0 Å². The zero-order chi connectivity index (χ0) is 11.5. The van der Waals surface area contributed by atoms with Crippen LogP contribution in [0.4, 0.5) is 0 Å². The summed E-state index contributed by atoms with van der Waals surface area (Å²) in [6.07, 6.45) is 9.22. The molecule has 0 bridgehead atoms. The number of hydrogen-bond acceptors (Lipinski definition) is 2. The van der Waals surface area contributed by atoms with Gasteiger partial charge in [-0.3, -0.25) is 4.79 Å². The number of unbranched alkanes of at least 4 members (excludes halogenated alkanes) is 1. The van der Waals surface area contributed by atoms with Gasteiger partial charge in [0.1, 0.15) is 12.0 Å². The highest BCUT2D eigenvalue weighted by atomic mass is 35.5. The van der Waals surface area contributed by atoms with E-state index in [0.29, 0.717) is 0 Å². The first-order valence-corrected chi connectivity index (χ1v) is 6.14. The zero-order valence-corrected chi connectivity index (χ0v) is 10.4. The van der Waals surface area contributed by atoms with Gasteiger partial charge in [-0.05, 0) is 32.6 Å². The summed E-state index contributed by atoms with van der Waals surface area (Å²) in [7, 11) is 0. The van der Waals surface area contributed by atoms with Gasteiger partial charge < -0.3 is 4.74 Å². The lowest BCUT2D eigenvalue weighted by molar-refractivity contribution is -0.146. The maximum atomic E-state index is 11.0. The third-order valence-corrected chi connectivity index (χ3v) is 2.37. The molecule has 2 nitrogen and oxygen atoms in total. The highest BCUT2D eigenvalue weighted by Crippen LogP contribution is 2.12. The Morgan fingerprint density at radius 2 is 2.20 bits per heavy atom. The number of hydrogen-bond donors (Lipinski definition) is 0. The lowest BCUT2D eigenvalue weighted by atomic mass is 10.1. The molecule has 0 spiro atoms. The van der Waals surface area contributed by atoms with E-state index in [0.717, 1.165) is 32.1 Å². The van der Waals surface area contributed by atoms with E-state index in [1.807, 2.05) is 13.0 Å². The largest absolute Gasteiger partial charge is 0.461 e. The number of carbonyl (C=O) groups is 1. The summed E-state index contributed by atoms with van der Waals surface area (Å²) in [5.74, 6) is -0.351. The Balaban J connectivity index is 3.76. The summed E-state index contributed by atoms with van der Waals surface area (Å²) < 4.78 is 5.23. The molecule has 0 amide bonds. The van der Waals surface area contributed by atoms with Crippen molar-refractivity contribution in [3.63, 3.8) is 0 Å². The number of ether oxygens (including phenoxy) is 1. The van der Waals surface area contributed by atoms with Crippen LogP contribution in [0, 0.1) is 0 Å². The van der Waals surface area contributed by atoms with Gasteiger partial charge in [-0.25, -0.2) is 0 Å². The van der Waals surface area contributed by atoms with Crippen LogP contribution in [-0.2, 0) is 9.53 Å². The molecule has 1 unspecified atom stereocenters. The van der Waals surface area contributed by atoms with Gasteiger partial charge in [-0.2, -0.15) is 0 Å². The van der Waals surface area contributed by atoms with Crippen molar-refractivity contribution in [3.8, 4) is 0 Å². The van der Waals surface area contributed by atoms with Crippen LogP contribution in [0.2, 0.25) is 0 Å². The van der Waals surface area contributed by atoms with Crippen molar-refractivity contribution in [2.45, 2.75) is 52.1 Å². The highest BCUT2D eigenvalue weighted by Gasteiger charge is 2.11. The number of carbonyl (C=O) groups excluding carboxylic acids is 1. The molecular formula is C12H21ClO2. The lowest BCUT2D eigenvalue weighted by Crippen LogP contribution is -2.18. The van der Waals surface area contributed by atoms with E-state index >= 15 is 0 Å². The summed E-state index contributed by atoms with van der Waals surface area (Å²) in [6, 6.07) is 0. The molecule has 0 saturated carbocycles. The number of alkyl halides is 1. The molecule has 0 saturated heterocycles.